The number of hydrogen-bond acceptors (Lipinski definition) is 5. The van der Waals surface area contributed by atoms with E-state index in [-0.39, 0.29) is 30.0 Å². The van der Waals surface area contributed by atoms with Crippen LogP contribution in [0.5, 0.6) is 0 Å². The largest absolute Gasteiger partial charge is 0.348 e. The first-order valence-electron chi connectivity index (χ1n) is 8.10. The van der Waals surface area contributed by atoms with E-state index in [1.54, 1.807) is 6.07 Å². The van der Waals surface area contributed by atoms with Crippen LogP contribution in [0.3, 0.4) is 0 Å². The zero-order valence-corrected chi connectivity index (χ0v) is 15.6. The Labute approximate surface area is 162 Å². The maximum atomic E-state index is 12.7. The van der Waals surface area contributed by atoms with Gasteiger partial charge in [0.2, 0.25) is 0 Å². The SMILES string of the molecule is Cl.NCC(NC(=O)c1cc([N+](=O)[O-])ccc1Sc1ccccc1)C1CC1. The van der Waals surface area contributed by atoms with Gasteiger partial charge in [-0.15, -0.1) is 12.4 Å². The summed E-state index contributed by atoms with van der Waals surface area (Å²) in [5.74, 6) is 0.0994. The van der Waals surface area contributed by atoms with Gasteiger partial charge in [-0.25, -0.2) is 0 Å². The quantitative estimate of drug-likeness (QED) is 0.552. The molecule has 0 spiro atoms. The van der Waals surface area contributed by atoms with E-state index in [4.69, 9.17) is 5.73 Å². The molecular formula is C18H20ClN3O3S. The Bertz CT molecular complexity index is 785. The summed E-state index contributed by atoms with van der Waals surface area (Å²) in [6, 6.07) is 13.9. The van der Waals surface area contributed by atoms with E-state index in [0.29, 0.717) is 22.9 Å². The number of carbonyl (C=O) groups is 1. The number of nitro benzene ring substituents is 1. The second kappa shape index (κ2) is 9.02. The van der Waals surface area contributed by atoms with Crippen LogP contribution in [0.1, 0.15) is 23.2 Å². The van der Waals surface area contributed by atoms with Crippen molar-refractivity contribution in [2.45, 2.75) is 28.7 Å². The minimum atomic E-state index is -0.491. The first-order chi connectivity index (χ1) is 12.1. The van der Waals surface area contributed by atoms with Gasteiger partial charge in [0.1, 0.15) is 0 Å². The summed E-state index contributed by atoms with van der Waals surface area (Å²) in [7, 11) is 0. The van der Waals surface area contributed by atoms with Crippen molar-refractivity contribution in [3.63, 3.8) is 0 Å². The number of hydrogen-bond donors (Lipinski definition) is 2. The fraction of sp³-hybridized carbons (Fsp3) is 0.278. The molecule has 1 unspecified atom stereocenters. The van der Waals surface area contributed by atoms with Crippen LogP contribution in [0.25, 0.3) is 0 Å². The maximum absolute atomic E-state index is 12.7. The van der Waals surface area contributed by atoms with Crippen molar-refractivity contribution in [1.29, 1.82) is 0 Å². The molecule has 0 aliphatic heterocycles. The predicted molar refractivity (Wildman–Crippen MR) is 104 cm³/mol. The molecule has 1 fully saturated rings. The molecule has 1 atom stereocenters. The molecule has 1 amide bonds. The van der Waals surface area contributed by atoms with Crippen molar-refractivity contribution in [3.8, 4) is 0 Å². The summed E-state index contributed by atoms with van der Waals surface area (Å²) in [5.41, 5.74) is 5.96. The zero-order valence-electron chi connectivity index (χ0n) is 14.0. The van der Waals surface area contributed by atoms with Crippen LogP contribution in [-0.4, -0.2) is 23.4 Å². The fourth-order valence-electron chi connectivity index (χ4n) is 2.63. The second-order valence-electron chi connectivity index (χ2n) is 6.01. The fourth-order valence-corrected chi connectivity index (χ4v) is 3.57. The zero-order chi connectivity index (χ0) is 17.8. The molecule has 138 valence electrons. The molecule has 3 N–H and O–H groups in total. The highest BCUT2D eigenvalue weighted by Gasteiger charge is 2.32. The van der Waals surface area contributed by atoms with Gasteiger partial charge in [-0.05, 0) is 37.0 Å². The molecule has 26 heavy (non-hydrogen) atoms. The van der Waals surface area contributed by atoms with Gasteiger partial charge < -0.3 is 11.1 Å². The molecule has 8 heteroatoms. The van der Waals surface area contributed by atoms with Crippen LogP contribution in [0.2, 0.25) is 0 Å². The lowest BCUT2D eigenvalue weighted by molar-refractivity contribution is -0.384. The number of nitrogens with one attached hydrogen (secondary N) is 1. The summed E-state index contributed by atoms with van der Waals surface area (Å²) >= 11 is 1.41. The Kier molecular flexibility index (Phi) is 7.02. The summed E-state index contributed by atoms with van der Waals surface area (Å²) in [6.45, 7) is 0.368. The van der Waals surface area contributed by atoms with Gasteiger partial charge in [-0.3, -0.25) is 14.9 Å². The average molecular weight is 394 g/mol. The van der Waals surface area contributed by atoms with Crippen LogP contribution in [0.4, 0.5) is 5.69 Å². The highest BCUT2D eigenvalue weighted by Crippen LogP contribution is 2.34. The number of halogens is 1. The summed E-state index contributed by atoms with van der Waals surface area (Å²) < 4.78 is 0. The van der Waals surface area contributed by atoms with Gasteiger partial charge in [0.25, 0.3) is 11.6 Å². The van der Waals surface area contributed by atoms with Gasteiger partial charge in [0.15, 0.2) is 0 Å². The summed E-state index contributed by atoms with van der Waals surface area (Å²) in [5, 5.41) is 14.0. The van der Waals surface area contributed by atoms with Gasteiger partial charge in [0, 0.05) is 34.5 Å². The molecular weight excluding hydrogens is 374 g/mol. The Balaban J connectivity index is 0.00000243. The third kappa shape index (κ3) is 4.97. The molecule has 6 nitrogen and oxygen atoms in total. The van der Waals surface area contributed by atoms with E-state index < -0.39 is 4.92 Å². The number of non-ortho nitro benzene ring substituents is 1. The maximum Gasteiger partial charge on any atom is 0.270 e. The average Bonchev–Trinajstić information content (AvgIpc) is 3.45. The number of amides is 1. The summed E-state index contributed by atoms with van der Waals surface area (Å²) in [4.78, 5) is 25.0. The number of carbonyl (C=O) groups excluding carboxylic acids is 1. The molecule has 1 saturated carbocycles. The second-order valence-corrected chi connectivity index (χ2v) is 7.12. The Morgan fingerprint density at radius 3 is 2.54 bits per heavy atom. The molecule has 0 saturated heterocycles. The molecule has 1 aliphatic rings. The number of rotatable bonds is 7. The van der Waals surface area contributed by atoms with Crippen LogP contribution in [0.15, 0.2) is 58.3 Å². The Morgan fingerprint density at radius 1 is 1.27 bits per heavy atom. The lowest BCUT2D eigenvalue weighted by atomic mass is 10.1. The smallest absolute Gasteiger partial charge is 0.270 e. The highest BCUT2D eigenvalue weighted by molar-refractivity contribution is 7.99. The van der Waals surface area contributed by atoms with Crippen molar-refractivity contribution in [3.05, 3.63) is 64.2 Å². The third-order valence-corrected chi connectivity index (χ3v) is 5.23. The van der Waals surface area contributed by atoms with E-state index in [9.17, 15) is 14.9 Å². The molecule has 0 bridgehead atoms. The molecule has 2 aromatic rings. The minimum Gasteiger partial charge on any atom is -0.348 e. The number of benzene rings is 2. The van der Waals surface area contributed by atoms with Crippen molar-refractivity contribution < 1.29 is 9.72 Å². The normalized spacial score (nSPS) is 14.2. The minimum absolute atomic E-state index is 0. The van der Waals surface area contributed by atoms with Crippen LogP contribution in [0, 0.1) is 16.0 Å². The highest BCUT2D eigenvalue weighted by atomic mass is 35.5. The monoisotopic (exact) mass is 393 g/mol. The molecule has 1 aliphatic carbocycles. The molecule has 3 rings (SSSR count). The molecule has 0 aromatic heterocycles. The lowest BCUT2D eigenvalue weighted by Gasteiger charge is -2.17. The van der Waals surface area contributed by atoms with E-state index in [0.717, 1.165) is 17.7 Å². The number of nitrogens with zero attached hydrogens (tertiary/aromatic N) is 1. The van der Waals surface area contributed by atoms with E-state index in [2.05, 4.69) is 5.32 Å². The molecule has 0 heterocycles. The topological polar surface area (TPSA) is 98.3 Å². The van der Waals surface area contributed by atoms with E-state index in [1.807, 2.05) is 30.3 Å². The summed E-state index contributed by atoms with van der Waals surface area (Å²) in [6.07, 6.45) is 2.12. The molecule has 2 aromatic carbocycles. The van der Waals surface area contributed by atoms with E-state index >= 15 is 0 Å². The van der Waals surface area contributed by atoms with Crippen molar-refractivity contribution in [1.82, 2.24) is 5.32 Å². The first-order valence-corrected chi connectivity index (χ1v) is 8.92. The third-order valence-electron chi connectivity index (χ3n) is 4.15. The Hall–Kier alpha value is -2.09. The standard InChI is InChI=1S/C18H19N3O3S.ClH/c19-11-16(12-6-7-12)20-18(22)15-10-13(21(23)24)8-9-17(15)25-14-4-2-1-3-5-14;/h1-5,8-10,12,16H,6-7,11,19H2,(H,20,22);1H. The van der Waals surface area contributed by atoms with Crippen LogP contribution >= 0.6 is 24.2 Å². The van der Waals surface area contributed by atoms with Crippen molar-refractivity contribution in [2.24, 2.45) is 11.7 Å². The predicted octanol–water partition coefficient (Wildman–Crippen LogP) is 3.63. The Morgan fingerprint density at radius 2 is 1.96 bits per heavy atom. The first kappa shape index (κ1) is 20.2. The van der Waals surface area contributed by atoms with Crippen LogP contribution in [-0.2, 0) is 0 Å². The lowest BCUT2D eigenvalue weighted by Crippen LogP contribution is -2.41. The van der Waals surface area contributed by atoms with E-state index in [1.165, 1.54) is 23.9 Å². The van der Waals surface area contributed by atoms with Crippen molar-refractivity contribution >= 4 is 35.8 Å². The van der Waals surface area contributed by atoms with Gasteiger partial charge in [0.05, 0.1) is 10.5 Å². The van der Waals surface area contributed by atoms with Gasteiger partial charge in [-0.1, -0.05) is 30.0 Å². The number of nitrogens with two attached hydrogens (primary N) is 1. The van der Waals surface area contributed by atoms with Crippen molar-refractivity contribution in [2.75, 3.05) is 6.54 Å². The van der Waals surface area contributed by atoms with Crippen LogP contribution < -0.4 is 11.1 Å². The van der Waals surface area contributed by atoms with Gasteiger partial charge >= 0.3 is 0 Å². The van der Waals surface area contributed by atoms with Gasteiger partial charge in [-0.2, -0.15) is 0 Å². The number of nitro groups is 1. The molecule has 0 radical (unpaired) electrons.